The fourth-order valence-corrected chi connectivity index (χ4v) is 6.07. The zero-order chi connectivity index (χ0) is 27.6. The summed E-state index contributed by atoms with van der Waals surface area (Å²) in [5.41, 5.74) is 12.4. The molecule has 0 spiro atoms. The molecule has 0 bridgehead atoms. The Balaban J connectivity index is 1.86. The number of aryl methyl sites for hydroxylation is 2. The van der Waals surface area contributed by atoms with E-state index in [1.54, 1.807) is 0 Å². The summed E-state index contributed by atoms with van der Waals surface area (Å²) in [5, 5.41) is 0. The lowest BCUT2D eigenvalue weighted by molar-refractivity contribution is 0.472. The lowest BCUT2D eigenvalue weighted by Gasteiger charge is -2.29. The Labute approximate surface area is 245 Å². The van der Waals surface area contributed by atoms with Gasteiger partial charge in [-0.3, -0.25) is 0 Å². The molecule has 38 heavy (non-hydrogen) atoms. The minimum absolute atomic E-state index is 0.0841. The van der Waals surface area contributed by atoms with Crippen LogP contribution in [0.5, 0.6) is 0 Å². The van der Waals surface area contributed by atoms with Crippen molar-refractivity contribution in [3.05, 3.63) is 117 Å². The van der Waals surface area contributed by atoms with Gasteiger partial charge < -0.3 is 4.90 Å². The Bertz CT molecular complexity index is 1380. The molecule has 196 valence electrons. The van der Waals surface area contributed by atoms with E-state index in [1.807, 2.05) is 0 Å². The number of allylic oxidation sites excluding steroid dienone is 1. The van der Waals surface area contributed by atoms with Crippen molar-refractivity contribution in [1.29, 1.82) is 0 Å². The maximum atomic E-state index is 4.29. The number of halogens is 2. The Morgan fingerprint density at radius 2 is 1.26 bits per heavy atom. The van der Waals surface area contributed by atoms with Crippen molar-refractivity contribution in [2.45, 2.75) is 59.8 Å². The molecule has 0 radical (unpaired) electrons. The molecule has 0 aliphatic heterocycles. The number of nitrogens with zero attached hydrogens (tertiary/aromatic N) is 1. The molecule has 4 aromatic rings. The molecule has 0 unspecified atom stereocenters. The zero-order valence-corrected chi connectivity index (χ0v) is 26.5. The van der Waals surface area contributed by atoms with Gasteiger partial charge in [0.05, 0.1) is 0 Å². The molecule has 0 aliphatic rings. The summed E-state index contributed by atoms with van der Waals surface area (Å²) in [5.74, 6) is 0. The summed E-state index contributed by atoms with van der Waals surface area (Å²) >= 11 is 7.18. The summed E-state index contributed by atoms with van der Waals surface area (Å²) < 4.78 is 2.14. The van der Waals surface area contributed by atoms with Crippen LogP contribution in [0.3, 0.4) is 0 Å². The minimum Gasteiger partial charge on any atom is -0.310 e. The summed E-state index contributed by atoms with van der Waals surface area (Å²) in [7, 11) is 0. The highest BCUT2D eigenvalue weighted by Crippen LogP contribution is 2.41. The van der Waals surface area contributed by atoms with Crippen molar-refractivity contribution in [2.24, 2.45) is 0 Å². The van der Waals surface area contributed by atoms with E-state index in [9.17, 15) is 0 Å². The maximum Gasteiger partial charge on any atom is 0.0467 e. The van der Waals surface area contributed by atoms with Gasteiger partial charge in [-0.2, -0.15) is 0 Å². The van der Waals surface area contributed by atoms with Gasteiger partial charge in [0, 0.05) is 26.0 Å². The Hall–Kier alpha value is -2.62. The van der Waals surface area contributed by atoms with Crippen LogP contribution in [0, 0.1) is 13.8 Å². The van der Waals surface area contributed by atoms with Crippen molar-refractivity contribution in [3.63, 3.8) is 0 Å². The van der Waals surface area contributed by atoms with Crippen LogP contribution < -0.4 is 4.90 Å². The Kier molecular flexibility index (Phi) is 8.69. The second-order valence-electron chi connectivity index (χ2n) is 10.9. The van der Waals surface area contributed by atoms with Gasteiger partial charge in [-0.05, 0) is 133 Å². The molecule has 0 atom stereocenters. The van der Waals surface area contributed by atoms with Crippen LogP contribution in [-0.2, 0) is 5.41 Å². The van der Waals surface area contributed by atoms with E-state index < -0.39 is 0 Å². The SMILES string of the molecule is C=C(C)c1ccc(-c2c(C)cc(N(c3ccc(Br)cc3)c3ccc(Br)cc3)cc2C)cc1C(C)(C)CCC. The standard InChI is InChI=1S/C35H37Br2N/c1-8-19-35(6,7)33-22-26(9-18-32(33)23(2)3)34-24(4)20-31(21-25(34)5)38(29-14-10-27(36)11-15-29)30-16-12-28(37)13-17-30/h9-18,20-22H,2,8,19H2,1,3-7H3. The molecule has 0 amide bonds. The minimum atomic E-state index is 0.0841. The van der Waals surface area contributed by atoms with E-state index in [0.29, 0.717) is 0 Å². The first-order valence-corrected chi connectivity index (χ1v) is 14.8. The lowest BCUT2D eigenvalue weighted by Crippen LogP contribution is -2.19. The van der Waals surface area contributed by atoms with E-state index in [4.69, 9.17) is 0 Å². The average molecular weight is 631 g/mol. The van der Waals surface area contributed by atoms with Gasteiger partial charge >= 0.3 is 0 Å². The van der Waals surface area contributed by atoms with Crippen LogP contribution >= 0.6 is 31.9 Å². The fourth-order valence-electron chi connectivity index (χ4n) is 5.54. The van der Waals surface area contributed by atoms with Gasteiger partial charge in [-0.25, -0.2) is 0 Å². The second kappa shape index (κ2) is 11.6. The average Bonchev–Trinajstić information content (AvgIpc) is 2.86. The van der Waals surface area contributed by atoms with Crippen molar-refractivity contribution < 1.29 is 0 Å². The molecule has 3 heteroatoms. The molecule has 0 aromatic heterocycles. The predicted octanol–water partition coefficient (Wildman–Crippen LogP) is 12.1. The monoisotopic (exact) mass is 629 g/mol. The molecule has 0 fully saturated rings. The van der Waals surface area contributed by atoms with Gasteiger partial charge in [0.2, 0.25) is 0 Å². The predicted molar refractivity (Wildman–Crippen MR) is 174 cm³/mol. The number of rotatable bonds is 8. The number of hydrogen-bond donors (Lipinski definition) is 0. The highest BCUT2D eigenvalue weighted by atomic mass is 79.9. The van der Waals surface area contributed by atoms with Crippen molar-refractivity contribution >= 4 is 54.5 Å². The van der Waals surface area contributed by atoms with E-state index in [0.717, 1.165) is 44.4 Å². The number of hydrogen-bond acceptors (Lipinski definition) is 1. The van der Waals surface area contributed by atoms with Gasteiger partial charge in [0.1, 0.15) is 0 Å². The van der Waals surface area contributed by atoms with E-state index in [2.05, 4.69) is 164 Å². The lowest BCUT2D eigenvalue weighted by atomic mass is 9.76. The van der Waals surface area contributed by atoms with Crippen LogP contribution in [0.25, 0.3) is 16.7 Å². The first-order valence-electron chi connectivity index (χ1n) is 13.2. The van der Waals surface area contributed by atoms with Gasteiger partial charge in [0.15, 0.2) is 0 Å². The fraction of sp³-hybridized carbons (Fsp3) is 0.257. The molecule has 0 N–H and O–H groups in total. The topological polar surface area (TPSA) is 3.24 Å². The second-order valence-corrected chi connectivity index (χ2v) is 12.7. The first kappa shape index (κ1) is 28.4. The first-order chi connectivity index (χ1) is 18.0. The third-order valence-electron chi connectivity index (χ3n) is 7.32. The van der Waals surface area contributed by atoms with Crippen LogP contribution in [-0.4, -0.2) is 0 Å². The molecular weight excluding hydrogens is 594 g/mol. The molecule has 0 saturated carbocycles. The smallest absolute Gasteiger partial charge is 0.0467 e. The number of benzene rings is 4. The van der Waals surface area contributed by atoms with E-state index in [1.165, 1.54) is 33.4 Å². The van der Waals surface area contributed by atoms with E-state index >= 15 is 0 Å². The number of anilines is 3. The summed E-state index contributed by atoms with van der Waals surface area (Å²) in [6.45, 7) is 17.9. The van der Waals surface area contributed by atoms with Gasteiger partial charge in [-0.15, -0.1) is 0 Å². The molecule has 0 heterocycles. The third-order valence-corrected chi connectivity index (χ3v) is 8.37. The largest absolute Gasteiger partial charge is 0.310 e. The van der Waals surface area contributed by atoms with Crippen LogP contribution in [0.1, 0.15) is 62.8 Å². The highest BCUT2D eigenvalue weighted by Gasteiger charge is 2.24. The molecule has 0 aliphatic carbocycles. The van der Waals surface area contributed by atoms with Gasteiger partial charge in [0.25, 0.3) is 0 Å². The maximum absolute atomic E-state index is 4.29. The molecule has 1 nitrogen and oxygen atoms in total. The summed E-state index contributed by atoms with van der Waals surface area (Å²) in [6.07, 6.45) is 2.30. The van der Waals surface area contributed by atoms with Crippen molar-refractivity contribution in [3.8, 4) is 11.1 Å². The normalized spacial score (nSPS) is 11.5. The molecule has 4 rings (SSSR count). The molecular formula is C35H37Br2N. The van der Waals surface area contributed by atoms with Crippen LogP contribution in [0.15, 0.2) is 94.4 Å². The van der Waals surface area contributed by atoms with Crippen LogP contribution in [0.4, 0.5) is 17.1 Å². The summed E-state index contributed by atoms with van der Waals surface area (Å²) in [4.78, 5) is 2.32. The zero-order valence-electron chi connectivity index (χ0n) is 23.3. The van der Waals surface area contributed by atoms with Crippen molar-refractivity contribution in [2.75, 3.05) is 4.90 Å². The third kappa shape index (κ3) is 6.00. The quantitative estimate of drug-likeness (QED) is 0.187. The van der Waals surface area contributed by atoms with Crippen molar-refractivity contribution in [1.82, 2.24) is 0 Å². The highest BCUT2D eigenvalue weighted by molar-refractivity contribution is 9.10. The Morgan fingerprint density at radius 3 is 1.71 bits per heavy atom. The van der Waals surface area contributed by atoms with Crippen LogP contribution in [0.2, 0.25) is 0 Å². The summed E-state index contributed by atoms with van der Waals surface area (Å²) in [6, 6.07) is 28.6. The molecule has 0 saturated heterocycles. The Morgan fingerprint density at radius 1 is 0.763 bits per heavy atom. The van der Waals surface area contributed by atoms with E-state index in [-0.39, 0.29) is 5.41 Å². The molecule has 4 aromatic carbocycles. The van der Waals surface area contributed by atoms with Gasteiger partial charge in [-0.1, -0.05) is 83.3 Å².